The number of fused-ring (bicyclic) bond motifs is 1. The average molecular weight is 475 g/mol. The van der Waals surface area contributed by atoms with Gasteiger partial charge in [-0.15, -0.1) is 0 Å². The van der Waals surface area contributed by atoms with Crippen LogP contribution in [-0.2, 0) is 16.0 Å². The van der Waals surface area contributed by atoms with Crippen LogP contribution in [0.2, 0.25) is 5.02 Å². The van der Waals surface area contributed by atoms with Gasteiger partial charge < -0.3 is 14.4 Å². The molecule has 0 saturated carbocycles. The molecular formula is C28H27ClN2O3. The summed E-state index contributed by atoms with van der Waals surface area (Å²) in [5, 5.41) is 0.666. The van der Waals surface area contributed by atoms with Crippen molar-refractivity contribution in [3.63, 3.8) is 0 Å². The van der Waals surface area contributed by atoms with Crippen molar-refractivity contribution in [3.05, 3.63) is 100 Å². The Bertz CT molecular complexity index is 1220. The van der Waals surface area contributed by atoms with Gasteiger partial charge in [0.05, 0.1) is 25.6 Å². The monoisotopic (exact) mass is 474 g/mol. The fraction of sp³-hybridized carbons (Fsp3) is 0.286. The molecule has 3 atom stereocenters. The topological polar surface area (TPSA) is 51.1 Å². The first kappa shape index (κ1) is 22.5. The van der Waals surface area contributed by atoms with Gasteiger partial charge in [-0.25, -0.2) is 4.99 Å². The molecular weight excluding hydrogens is 448 g/mol. The van der Waals surface area contributed by atoms with Crippen LogP contribution in [0.25, 0.3) is 0 Å². The summed E-state index contributed by atoms with van der Waals surface area (Å²) in [5.74, 6) is 1.40. The van der Waals surface area contributed by atoms with Crippen LogP contribution in [0, 0.1) is 0 Å². The van der Waals surface area contributed by atoms with Gasteiger partial charge in [0, 0.05) is 17.1 Å². The fourth-order valence-electron chi connectivity index (χ4n) is 4.79. The Kier molecular flexibility index (Phi) is 6.29. The second kappa shape index (κ2) is 9.51. The third-order valence-electron chi connectivity index (χ3n) is 6.65. The SMILES string of the molecule is COc1ccc(C2=NC(CC(=O)N3CCc4ccccc4C3c3ccccc3Cl)C(C)O2)cc1. The van der Waals surface area contributed by atoms with Crippen LogP contribution in [0.3, 0.4) is 0 Å². The summed E-state index contributed by atoms with van der Waals surface area (Å²) in [6.45, 7) is 2.61. The zero-order valence-electron chi connectivity index (χ0n) is 19.3. The van der Waals surface area contributed by atoms with Gasteiger partial charge >= 0.3 is 0 Å². The van der Waals surface area contributed by atoms with E-state index in [1.807, 2.05) is 72.5 Å². The molecule has 2 aliphatic rings. The maximum atomic E-state index is 13.7. The zero-order chi connectivity index (χ0) is 23.7. The quantitative estimate of drug-likeness (QED) is 0.494. The Morgan fingerprint density at radius 3 is 2.50 bits per heavy atom. The Labute approximate surface area is 205 Å². The van der Waals surface area contributed by atoms with Crippen LogP contribution in [0.4, 0.5) is 0 Å². The molecule has 0 N–H and O–H groups in total. The van der Waals surface area contributed by atoms with E-state index in [1.54, 1.807) is 7.11 Å². The van der Waals surface area contributed by atoms with E-state index < -0.39 is 0 Å². The van der Waals surface area contributed by atoms with Crippen molar-refractivity contribution < 1.29 is 14.3 Å². The molecule has 3 unspecified atom stereocenters. The molecule has 0 aliphatic carbocycles. The number of benzene rings is 3. The van der Waals surface area contributed by atoms with E-state index in [9.17, 15) is 4.79 Å². The van der Waals surface area contributed by atoms with Crippen molar-refractivity contribution in [2.24, 2.45) is 4.99 Å². The zero-order valence-corrected chi connectivity index (χ0v) is 20.0. The Hall–Kier alpha value is -3.31. The predicted molar refractivity (Wildman–Crippen MR) is 134 cm³/mol. The number of methoxy groups -OCH3 is 1. The summed E-state index contributed by atoms with van der Waals surface area (Å²) in [5.41, 5.74) is 4.22. The fourth-order valence-corrected chi connectivity index (χ4v) is 5.03. The number of nitrogens with zero attached hydrogens (tertiary/aromatic N) is 2. The van der Waals surface area contributed by atoms with Crippen LogP contribution >= 0.6 is 11.6 Å². The first-order valence-corrected chi connectivity index (χ1v) is 11.9. The van der Waals surface area contributed by atoms with Crippen LogP contribution in [0.15, 0.2) is 77.8 Å². The van der Waals surface area contributed by atoms with Crippen molar-refractivity contribution in [2.75, 3.05) is 13.7 Å². The molecule has 5 nitrogen and oxygen atoms in total. The number of hydrogen-bond acceptors (Lipinski definition) is 4. The van der Waals surface area contributed by atoms with Crippen molar-refractivity contribution in [1.82, 2.24) is 4.90 Å². The molecule has 6 heteroatoms. The molecule has 0 saturated heterocycles. The second-order valence-corrected chi connectivity index (χ2v) is 9.12. The number of halogens is 1. The van der Waals surface area contributed by atoms with Gasteiger partial charge in [0.25, 0.3) is 0 Å². The highest BCUT2D eigenvalue weighted by Gasteiger charge is 2.36. The molecule has 3 aromatic rings. The third-order valence-corrected chi connectivity index (χ3v) is 6.99. The van der Waals surface area contributed by atoms with Gasteiger partial charge in [-0.2, -0.15) is 0 Å². The van der Waals surface area contributed by atoms with Gasteiger partial charge in [-0.05, 0) is 60.4 Å². The number of carbonyl (C=O) groups is 1. The first-order chi connectivity index (χ1) is 16.5. The molecule has 34 heavy (non-hydrogen) atoms. The Balaban J connectivity index is 1.41. The van der Waals surface area contributed by atoms with E-state index in [1.165, 1.54) is 5.56 Å². The van der Waals surface area contributed by atoms with Crippen LogP contribution in [0.1, 0.15) is 41.6 Å². The first-order valence-electron chi connectivity index (χ1n) is 11.6. The predicted octanol–water partition coefficient (Wildman–Crippen LogP) is 5.45. The number of amides is 1. The summed E-state index contributed by atoms with van der Waals surface area (Å²) in [6, 6.07) is 23.2. The van der Waals surface area contributed by atoms with Crippen LogP contribution < -0.4 is 4.74 Å². The van der Waals surface area contributed by atoms with Gasteiger partial charge in [0.15, 0.2) is 0 Å². The molecule has 0 fully saturated rings. The number of aliphatic imine (C=N–C) groups is 1. The average Bonchev–Trinajstić information content (AvgIpc) is 3.23. The highest BCUT2D eigenvalue weighted by atomic mass is 35.5. The minimum atomic E-state index is -0.242. The van der Waals surface area contributed by atoms with Crippen LogP contribution in [0.5, 0.6) is 5.75 Å². The van der Waals surface area contributed by atoms with Gasteiger partial charge in [-0.3, -0.25) is 4.79 Å². The molecule has 1 amide bonds. The molecule has 0 bridgehead atoms. The lowest BCUT2D eigenvalue weighted by atomic mass is 9.87. The van der Waals surface area contributed by atoms with Crippen molar-refractivity contribution in [1.29, 1.82) is 0 Å². The third kappa shape index (κ3) is 4.28. The number of carbonyl (C=O) groups excluding carboxylic acids is 1. The lowest BCUT2D eigenvalue weighted by molar-refractivity contribution is -0.134. The number of ether oxygens (including phenoxy) is 2. The van der Waals surface area contributed by atoms with Crippen molar-refractivity contribution in [2.45, 2.75) is 38.0 Å². The molecule has 0 spiro atoms. The Morgan fingerprint density at radius 2 is 1.76 bits per heavy atom. The molecule has 174 valence electrons. The summed E-state index contributed by atoms with van der Waals surface area (Å²) in [4.78, 5) is 20.4. The van der Waals surface area contributed by atoms with E-state index in [4.69, 9.17) is 26.1 Å². The van der Waals surface area contributed by atoms with E-state index in [0.29, 0.717) is 17.5 Å². The molecule has 0 radical (unpaired) electrons. The van der Waals surface area contributed by atoms with Crippen molar-refractivity contribution >= 4 is 23.4 Å². The minimum Gasteiger partial charge on any atom is -0.497 e. The van der Waals surface area contributed by atoms with E-state index in [0.717, 1.165) is 28.9 Å². The van der Waals surface area contributed by atoms with Gasteiger partial charge in [-0.1, -0.05) is 54.1 Å². The second-order valence-electron chi connectivity index (χ2n) is 8.72. The molecule has 5 rings (SSSR count). The summed E-state index contributed by atoms with van der Waals surface area (Å²) < 4.78 is 11.3. The van der Waals surface area contributed by atoms with E-state index in [2.05, 4.69) is 12.1 Å². The van der Waals surface area contributed by atoms with Gasteiger partial charge in [0.1, 0.15) is 11.9 Å². The maximum Gasteiger partial charge on any atom is 0.225 e. The smallest absolute Gasteiger partial charge is 0.225 e. The number of hydrogen-bond donors (Lipinski definition) is 0. The summed E-state index contributed by atoms with van der Waals surface area (Å²) >= 11 is 6.61. The minimum absolute atomic E-state index is 0.0552. The van der Waals surface area contributed by atoms with Crippen molar-refractivity contribution in [3.8, 4) is 5.75 Å². The Morgan fingerprint density at radius 1 is 1.06 bits per heavy atom. The normalized spacial score (nSPS) is 21.4. The molecule has 0 aromatic heterocycles. The molecule has 3 aromatic carbocycles. The molecule has 2 heterocycles. The highest BCUT2D eigenvalue weighted by Crippen LogP contribution is 2.39. The lowest BCUT2D eigenvalue weighted by Crippen LogP contribution is -2.42. The standard InChI is InChI=1S/C28H27ClN2O3/c1-18-25(30-28(34-18)20-11-13-21(33-2)14-12-20)17-26(32)31-16-15-19-7-3-4-8-22(19)27(31)23-9-5-6-10-24(23)29/h3-14,18,25,27H,15-17H2,1-2H3. The summed E-state index contributed by atoms with van der Waals surface area (Å²) in [7, 11) is 1.64. The molecule has 2 aliphatic heterocycles. The van der Waals surface area contributed by atoms with E-state index >= 15 is 0 Å². The maximum absolute atomic E-state index is 13.7. The largest absolute Gasteiger partial charge is 0.497 e. The highest BCUT2D eigenvalue weighted by molar-refractivity contribution is 6.31. The van der Waals surface area contributed by atoms with Crippen LogP contribution in [-0.4, -0.2) is 42.5 Å². The summed E-state index contributed by atoms with van der Waals surface area (Å²) in [6.07, 6.45) is 0.918. The number of rotatable bonds is 5. The van der Waals surface area contributed by atoms with E-state index in [-0.39, 0.29) is 30.5 Å². The van der Waals surface area contributed by atoms with Gasteiger partial charge in [0.2, 0.25) is 11.8 Å². The lowest BCUT2D eigenvalue weighted by Gasteiger charge is -2.38.